The monoisotopic (exact) mass is 246 g/mol. The third-order valence-electron chi connectivity index (χ3n) is 2.13. The van der Waals surface area contributed by atoms with Crippen LogP contribution in [0.25, 0.3) is 0 Å². The van der Waals surface area contributed by atoms with Gasteiger partial charge in [-0.05, 0) is 24.3 Å². The maximum Gasteiger partial charge on any atom is 0.121 e. The number of anilines is 1. The van der Waals surface area contributed by atoms with E-state index in [1.165, 1.54) is 4.90 Å². The van der Waals surface area contributed by atoms with Crippen molar-refractivity contribution in [3.63, 3.8) is 0 Å². The van der Waals surface area contributed by atoms with E-state index in [-0.39, 0.29) is 0 Å². The van der Waals surface area contributed by atoms with Crippen LogP contribution in [0.15, 0.2) is 53.7 Å². The van der Waals surface area contributed by atoms with E-state index in [0.717, 1.165) is 17.2 Å². The Balaban J connectivity index is 1.73. The highest BCUT2D eigenvalue weighted by Crippen LogP contribution is 2.18. The van der Waals surface area contributed by atoms with Gasteiger partial charge in [-0.2, -0.15) is 0 Å². The second-order valence-corrected chi connectivity index (χ2v) is 4.62. The minimum absolute atomic E-state index is 0.663. The standard InChI is InChI=1S/C13H14N2OS/c14-11-2-1-3-12(10-11)16-8-9-17-13-4-6-15-7-5-13/h1-7,10H,8-9,14H2. The number of benzene rings is 1. The van der Waals surface area contributed by atoms with Gasteiger partial charge >= 0.3 is 0 Å². The number of aromatic nitrogens is 1. The average Bonchev–Trinajstić information content (AvgIpc) is 2.36. The zero-order valence-electron chi connectivity index (χ0n) is 9.37. The van der Waals surface area contributed by atoms with Gasteiger partial charge < -0.3 is 10.5 Å². The molecule has 0 bridgehead atoms. The van der Waals surface area contributed by atoms with E-state index in [0.29, 0.717) is 6.61 Å². The van der Waals surface area contributed by atoms with E-state index < -0.39 is 0 Å². The summed E-state index contributed by atoms with van der Waals surface area (Å²) in [5.74, 6) is 1.72. The molecule has 17 heavy (non-hydrogen) atoms. The molecular formula is C13H14N2OS. The van der Waals surface area contributed by atoms with Gasteiger partial charge in [0.1, 0.15) is 5.75 Å². The topological polar surface area (TPSA) is 48.1 Å². The minimum Gasteiger partial charge on any atom is -0.493 e. The summed E-state index contributed by atoms with van der Waals surface area (Å²) in [6.07, 6.45) is 3.59. The summed E-state index contributed by atoms with van der Waals surface area (Å²) in [5.41, 5.74) is 6.39. The van der Waals surface area contributed by atoms with E-state index >= 15 is 0 Å². The summed E-state index contributed by atoms with van der Waals surface area (Å²) in [7, 11) is 0. The van der Waals surface area contributed by atoms with Crippen molar-refractivity contribution in [2.45, 2.75) is 4.90 Å². The summed E-state index contributed by atoms with van der Waals surface area (Å²) in [6.45, 7) is 0.663. The van der Waals surface area contributed by atoms with Gasteiger partial charge in [0.25, 0.3) is 0 Å². The van der Waals surface area contributed by atoms with Gasteiger partial charge in [0.15, 0.2) is 0 Å². The van der Waals surface area contributed by atoms with E-state index in [2.05, 4.69) is 4.98 Å². The van der Waals surface area contributed by atoms with E-state index in [1.54, 1.807) is 24.2 Å². The molecule has 0 spiro atoms. The van der Waals surface area contributed by atoms with Crippen LogP contribution in [0.2, 0.25) is 0 Å². The number of nitrogen functional groups attached to an aromatic ring is 1. The molecule has 1 aromatic carbocycles. The van der Waals surface area contributed by atoms with Gasteiger partial charge in [0, 0.05) is 34.8 Å². The van der Waals surface area contributed by atoms with Gasteiger partial charge in [-0.15, -0.1) is 11.8 Å². The first-order valence-corrected chi connectivity index (χ1v) is 6.34. The summed E-state index contributed by atoms with van der Waals surface area (Å²) in [4.78, 5) is 5.18. The van der Waals surface area contributed by atoms with Crippen LogP contribution in [-0.4, -0.2) is 17.3 Å². The SMILES string of the molecule is Nc1cccc(OCCSc2ccncc2)c1. The first-order chi connectivity index (χ1) is 8.34. The van der Waals surface area contributed by atoms with Crippen molar-refractivity contribution < 1.29 is 4.74 Å². The zero-order valence-corrected chi connectivity index (χ0v) is 10.2. The molecule has 2 rings (SSSR count). The van der Waals surface area contributed by atoms with Crippen LogP contribution in [0.3, 0.4) is 0 Å². The maximum absolute atomic E-state index is 5.66. The number of rotatable bonds is 5. The van der Waals surface area contributed by atoms with Crippen LogP contribution < -0.4 is 10.5 Å². The Morgan fingerprint density at radius 1 is 1.18 bits per heavy atom. The molecule has 0 aliphatic carbocycles. The van der Waals surface area contributed by atoms with E-state index in [4.69, 9.17) is 10.5 Å². The van der Waals surface area contributed by atoms with Crippen LogP contribution in [-0.2, 0) is 0 Å². The largest absolute Gasteiger partial charge is 0.493 e. The van der Waals surface area contributed by atoms with Crippen LogP contribution in [0.1, 0.15) is 0 Å². The molecule has 4 heteroatoms. The lowest BCUT2D eigenvalue weighted by Gasteiger charge is -2.06. The molecule has 1 aromatic heterocycles. The smallest absolute Gasteiger partial charge is 0.121 e. The molecule has 0 saturated carbocycles. The number of nitrogens with zero attached hydrogens (tertiary/aromatic N) is 1. The molecular weight excluding hydrogens is 232 g/mol. The van der Waals surface area contributed by atoms with Crippen LogP contribution in [0, 0.1) is 0 Å². The van der Waals surface area contributed by atoms with Crippen LogP contribution in [0.5, 0.6) is 5.75 Å². The average molecular weight is 246 g/mol. The van der Waals surface area contributed by atoms with Crippen molar-refractivity contribution in [2.24, 2.45) is 0 Å². The highest BCUT2D eigenvalue weighted by Gasteiger charge is 1.96. The maximum atomic E-state index is 5.66. The summed E-state index contributed by atoms with van der Waals surface area (Å²) in [6, 6.07) is 11.5. The van der Waals surface area contributed by atoms with Crippen molar-refractivity contribution in [2.75, 3.05) is 18.1 Å². The molecule has 0 atom stereocenters. The quantitative estimate of drug-likeness (QED) is 0.500. The predicted octanol–water partition coefficient (Wildman–Crippen LogP) is 2.83. The Morgan fingerprint density at radius 2 is 2.00 bits per heavy atom. The fourth-order valence-corrected chi connectivity index (χ4v) is 2.07. The Bertz CT molecular complexity index is 462. The predicted molar refractivity (Wildman–Crippen MR) is 71.3 cm³/mol. The number of thioether (sulfide) groups is 1. The molecule has 2 aromatic rings. The van der Waals surface area contributed by atoms with E-state index in [9.17, 15) is 0 Å². The number of pyridine rings is 1. The minimum atomic E-state index is 0.663. The molecule has 0 aliphatic heterocycles. The molecule has 88 valence electrons. The van der Waals surface area contributed by atoms with Gasteiger partial charge in [-0.1, -0.05) is 6.07 Å². The van der Waals surface area contributed by atoms with Gasteiger partial charge in [-0.3, -0.25) is 4.98 Å². The molecule has 1 heterocycles. The number of nitrogens with two attached hydrogens (primary N) is 1. The second kappa shape index (κ2) is 6.15. The Hall–Kier alpha value is -1.68. The fourth-order valence-electron chi connectivity index (χ4n) is 1.36. The van der Waals surface area contributed by atoms with Gasteiger partial charge in [0.05, 0.1) is 6.61 Å². The second-order valence-electron chi connectivity index (χ2n) is 3.45. The first kappa shape index (κ1) is 11.8. The van der Waals surface area contributed by atoms with Crippen LogP contribution in [0.4, 0.5) is 5.69 Å². The van der Waals surface area contributed by atoms with Crippen LogP contribution >= 0.6 is 11.8 Å². The van der Waals surface area contributed by atoms with Crippen molar-refractivity contribution in [1.29, 1.82) is 0 Å². The summed E-state index contributed by atoms with van der Waals surface area (Å²) < 4.78 is 5.59. The van der Waals surface area contributed by atoms with Crippen molar-refractivity contribution in [1.82, 2.24) is 4.98 Å². The first-order valence-electron chi connectivity index (χ1n) is 5.36. The normalized spacial score (nSPS) is 10.1. The number of hydrogen-bond acceptors (Lipinski definition) is 4. The van der Waals surface area contributed by atoms with Gasteiger partial charge in [0.2, 0.25) is 0 Å². The van der Waals surface area contributed by atoms with E-state index in [1.807, 2.05) is 36.4 Å². The third kappa shape index (κ3) is 4.00. The molecule has 0 unspecified atom stereocenters. The van der Waals surface area contributed by atoms with Gasteiger partial charge in [-0.25, -0.2) is 0 Å². The fraction of sp³-hybridized carbons (Fsp3) is 0.154. The lowest BCUT2D eigenvalue weighted by molar-refractivity contribution is 0.344. The van der Waals surface area contributed by atoms with Crippen molar-refractivity contribution >= 4 is 17.4 Å². The molecule has 0 radical (unpaired) electrons. The molecule has 0 fully saturated rings. The van der Waals surface area contributed by atoms with Crippen molar-refractivity contribution in [3.8, 4) is 5.75 Å². The Labute approximate surface area is 105 Å². The highest BCUT2D eigenvalue weighted by molar-refractivity contribution is 7.99. The summed E-state index contributed by atoms with van der Waals surface area (Å²) >= 11 is 1.75. The lowest BCUT2D eigenvalue weighted by atomic mass is 10.3. The molecule has 0 amide bonds. The Kier molecular flexibility index (Phi) is 4.27. The molecule has 0 aliphatic rings. The molecule has 0 saturated heterocycles. The molecule has 2 N–H and O–H groups in total. The highest BCUT2D eigenvalue weighted by atomic mass is 32.2. The Morgan fingerprint density at radius 3 is 2.76 bits per heavy atom. The molecule has 3 nitrogen and oxygen atoms in total. The number of ether oxygens (including phenoxy) is 1. The zero-order chi connectivity index (χ0) is 11.9. The number of hydrogen-bond donors (Lipinski definition) is 1. The van der Waals surface area contributed by atoms with Crippen molar-refractivity contribution in [3.05, 3.63) is 48.8 Å². The third-order valence-corrected chi connectivity index (χ3v) is 3.10. The summed E-state index contributed by atoms with van der Waals surface area (Å²) in [5, 5.41) is 0. The lowest BCUT2D eigenvalue weighted by Crippen LogP contribution is -2.00.